The zero-order valence-corrected chi connectivity index (χ0v) is 12.3. The average molecular weight is 313 g/mol. The van der Waals surface area contributed by atoms with Gasteiger partial charge in [-0.2, -0.15) is 0 Å². The van der Waals surface area contributed by atoms with E-state index in [0.717, 1.165) is 18.9 Å². The number of furan rings is 1. The van der Waals surface area contributed by atoms with Gasteiger partial charge in [-0.25, -0.2) is 17.9 Å². The van der Waals surface area contributed by atoms with Crippen molar-refractivity contribution in [2.24, 2.45) is 0 Å². The van der Waals surface area contributed by atoms with E-state index in [1.165, 1.54) is 7.11 Å². The van der Waals surface area contributed by atoms with Gasteiger partial charge in [0.05, 0.1) is 12.7 Å². The number of esters is 1. The molecule has 0 aliphatic heterocycles. The van der Waals surface area contributed by atoms with E-state index in [9.17, 15) is 13.2 Å². The van der Waals surface area contributed by atoms with Crippen LogP contribution in [0.3, 0.4) is 0 Å². The van der Waals surface area contributed by atoms with Crippen molar-refractivity contribution in [3.63, 3.8) is 0 Å². The number of hydrogen-bond acceptors (Lipinski definition) is 6. The van der Waals surface area contributed by atoms with E-state index in [2.05, 4.69) is 14.8 Å². The maximum absolute atomic E-state index is 11.7. The molecule has 0 unspecified atom stereocenters. The zero-order chi connectivity index (χ0) is 13.6. The van der Waals surface area contributed by atoms with E-state index >= 15 is 0 Å². The van der Waals surface area contributed by atoms with Crippen molar-refractivity contribution in [2.75, 3.05) is 26.7 Å². The molecule has 7 nitrogen and oxygen atoms in total. The number of rotatable bonds is 7. The minimum Gasteiger partial charge on any atom is -0.465 e. The number of carbonyl (C=O) groups is 1. The summed E-state index contributed by atoms with van der Waals surface area (Å²) in [6.07, 6.45) is 1.05. The highest BCUT2D eigenvalue weighted by Crippen LogP contribution is 2.14. The smallest absolute Gasteiger partial charge is 0.341 e. The first-order valence-corrected chi connectivity index (χ1v) is 6.86. The third kappa shape index (κ3) is 5.19. The van der Waals surface area contributed by atoms with Crippen LogP contribution in [0.25, 0.3) is 0 Å². The van der Waals surface area contributed by atoms with Gasteiger partial charge < -0.3 is 14.5 Å². The molecular formula is C10H17ClN2O5S. The maximum atomic E-state index is 11.7. The third-order valence-electron chi connectivity index (χ3n) is 2.11. The van der Waals surface area contributed by atoms with Crippen molar-refractivity contribution in [1.29, 1.82) is 0 Å². The van der Waals surface area contributed by atoms with Crippen molar-refractivity contribution < 1.29 is 22.4 Å². The Labute approximate surface area is 118 Å². The molecule has 1 heterocycles. The number of halogens is 1. The molecule has 1 aromatic rings. The normalized spacial score (nSPS) is 10.8. The summed E-state index contributed by atoms with van der Waals surface area (Å²) in [5.74, 6) is -0.646. The van der Waals surface area contributed by atoms with Gasteiger partial charge in [0.25, 0.3) is 10.0 Å². The molecule has 0 saturated heterocycles. The second-order valence-electron chi connectivity index (χ2n) is 3.40. The van der Waals surface area contributed by atoms with Crippen LogP contribution in [-0.4, -0.2) is 41.1 Å². The minimum absolute atomic E-state index is 0. The molecule has 0 aliphatic rings. The van der Waals surface area contributed by atoms with Crippen LogP contribution >= 0.6 is 12.4 Å². The first-order chi connectivity index (χ1) is 8.51. The molecule has 0 atom stereocenters. The monoisotopic (exact) mass is 312 g/mol. The van der Waals surface area contributed by atoms with Crippen LogP contribution < -0.4 is 10.0 Å². The number of carbonyl (C=O) groups excluding carboxylic acids is 1. The third-order valence-corrected chi connectivity index (χ3v) is 3.43. The van der Waals surface area contributed by atoms with Crippen molar-refractivity contribution >= 4 is 28.4 Å². The summed E-state index contributed by atoms with van der Waals surface area (Å²) in [6, 6.07) is 1.13. The summed E-state index contributed by atoms with van der Waals surface area (Å²) in [5, 5.41) is 2.67. The molecule has 19 heavy (non-hydrogen) atoms. The van der Waals surface area contributed by atoms with E-state index in [-0.39, 0.29) is 29.6 Å². The molecule has 0 aliphatic carbocycles. The quantitative estimate of drug-likeness (QED) is 0.558. The van der Waals surface area contributed by atoms with Crippen molar-refractivity contribution in [3.8, 4) is 0 Å². The Morgan fingerprint density at radius 3 is 2.68 bits per heavy atom. The summed E-state index contributed by atoms with van der Waals surface area (Å²) < 4.78 is 35.1. The van der Waals surface area contributed by atoms with Crippen LogP contribution in [0.2, 0.25) is 0 Å². The predicted molar refractivity (Wildman–Crippen MR) is 71.0 cm³/mol. The van der Waals surface area contributed by atoms with E-state index in [1.54, 1.807) is 0 Å². The molecule has 1 rings (SSSR count). The SMILES string of the molecule is CCNCCNS(=O)(=O)c1cc(C(=O)OC)co1.Cl. The molecule has 0 spiro atoms. The number of hydrogen-bond donors (Lipinski definition) is 2. The van der Waals surface area contributed by atoms with Gasteiger partial charge in [-0.05, 0) is 6.54 Å². The van der Waals surface area contributed by atoms with Crippen molar-refractivity contribution in [1.82, 2.24) is 10.0 Å². The lowest BCUT2D eigenvalue weighted by molar-refractivity contribution is 0.0600. The highest BCUT2D eigenvalue weighted by atomic mass is 35.5. The standard InChI is InChI=1S/C10H16N2O5S.ClH/c1-3-11-4-5-12-18(14,15)9-6-8(7-17-9)10(13)16-2;/h6-7,11-12H,3-5H2,1-2H3;1H. The Balaban J connectivity index is 0.00000324. The Hall–Kier alpha value is -1.09. The highest BCUT2D eigenvalue weighted by molar-refractivity contribution is 7.89. The molecule has 110 valence electrons. The summed E-state index contributed by atoms with van der Waals surface area (Å²) in [6.45, 7) is 3.43. The largest absolute Gasteiger partial charge is 0.465 e. The molecule has 2 N–H and O–H groups in total. The van der Waals surface area contributed by atoms with E-state index in [4.69, 9.17) is 4.42 Å². The molecule has 0 radical (unpaired) electrons. The second kappa shape index (κ2) is 8.16. The summed E-state index contributed by atoms with van der Waals surface area (Å²) >= 11 is 0. The van der Waals surface area contributed by atoms with Crippen LogP contribution in [-0.2, 0) is 14.8 Å². The van der Waals surface area contributed by atoms with Crippen molar-refractivity contribution in [3.05, 3.63) is 17.9 Å². The highest BCUT2D eigenvalue weighted by Gasteiger charge is 2.20. The Morgan fingerprint density at radius 2 is 2.11 bits per heavy atom. The number of methoxy groups -OCH3 is 1. The first-order valence-electron chi connectivity index (χ1n) is 5.38. The summed E-state index contributed by atoms with van der Waals surface area (Å²) in [5.41, 5.74) is 0.0598. The summed E-state index contributed by atoms with van der Waals surface area (Å²) in [4.78, 5) is 11.1. The lowest BCUT2D eigenvalue weighted by Gasteiger charge is -2.03. The molecule has 0 saturated carbocycles. The first kappa shape index (κ1) is 17.9. The number of ether oxygens (including phenoxy) is 1. The fourth-order valence-corrected chi connectivity index (χ4v) is 2.17. The topological polar surface area (TPSA) is 97.6 Å². The Kier molecular flexibility index (Phi) is 7.69. The minimum atomic E-state index is -3.73. The van der Waals surface area contributed by atoms with Gasteiger partial charge in [-0.15, -0.1) is 12.4 Å². The van der Waals surface area contributed by atoms with E-state index in [0.29, 0.717) is 6.54 Å². The van der Waals surface area contributed by atoms with Crippen LogP contribution in [0.1, 0.15) is 17.3 Å². The van der Waals surface area contributed by atoms with Gasteiger partial charge in [-0.1, -0.05) is 6.92 Å². The van der Waals surface area contributed by atoms with Gasteiger partial charge in [-0.3, -0.25) is 0 Å². The molecule has 1 aromatic heterocycles. The molecule has 0 bridgehead atoms. The maximum Gasteiger partial charge on any atom is 0.341 e. The predicted octanol–water partition coefficient (Wildman–Crippen LogP) is 0.376. The summed E-state index contributed by atoms with van der Waals surface area (Å²) in [7, 11) is -2.52. The number of sulfonamides is 1. The van der Waals surface area contributed by atoms with Gasteiger partial charge in [0.2, 0.25) is 5.09 Å². The fraction of sp³-hybridized carbons (Fsp3) is 0.500. The van der Waals surface area contributed by atoms with E-state index in [1.807, 2.05) is 6.92 Å². The second-order valence-corrected chi connectivity index (χ2v) is 5.10. The number of nitrogens with one attached hydrogen (secondary N) is 2. The Bertz CT molecular complexity index is 500. The van der Waals surface area contributed by atoms with Crippen LogP contribution in [0.15, 0.2) is 21.8 Å². The lowest BCUT2D eigenvalue weighted by Crippen LogP contribution is -2.31. The van der Waals surface area contributed by atoms with Gasteiger partial charge in [0.15, 0.2) is 0 Å². The van der Waals surface area contributed by atoms with Crippen LogP contribution in [0.5, 0.6) is 0 Å². The average Bonchev–Trinajstić information content (AvgIpc) is 2.84. The Morgan fingerprint density at radius 1 is 1.42 bits per heavy atom. The van der Waals surface area contributed by atoms with E-state index < -0.39 is 16.0 Å². The molecule has 9 heteroatoms. The molecular weight excluding hydrogens is 296 g/mol. The number of likely N-dealkylation sites (N-methyl/N-ethyl adjacent to an activating group) is 1. The van der Waals surface area contributed by atoms with Crippen LogP contribution in [0, 0.1) is 0 Å². The van der Waals surface area contributed by atoms with Crippen molar-refractivity contribution in [2.45, 2.75) is 12.0 Å². The van der Waals surface area contributed by atoms with Crippen LogP contribution in [0.4, 0.5) is 0 Å². The molecule has 0 fully saturated rings. The zero-order valence-electron chi connectivity index (χ0n) is 10.6. The van der Waals surface area contributed by atoms with Gasteiger partial charge in [0.1, 0.15) is 6.26 Å². The lowest BCUT2D eigenvalue weighted by atomic mass is 10.3. The fourth-order valence-electron chi connectivity index (χ4n) is 1.20. The molecule has 0 amide bonds. The van der Waals surface area contributed by atoms with Gasteiger partial charge >= 0.3 is 5.97 Å². The van der Waals surface area contributed by atoms with Gasteiger partial charge in [0, 0.05) is 19.2 Å². The molecule has 0 aromatic carbocycles.